The first-order chi connectivity index (χ1) is 8.72. The maximum Gasteiger partial charge on any atom is 0.0668 e. The Morgan fingerprint density at radius 3 is 3.06 bits per heavy atom. The Morgan fingerprint density at radius 1 is 1.44 bits per heavy atom. The molecule has 1 saturated heterocycles. The van der Waals surface area contributed by atoms with Crippen molar-refractivity contribution in [2.45, 2.75) is 26.7 Å². The van der Waals surface area contributed by atoms with Gasteiger partial charge in [0.1, 0.15) is 0 Å². The lowest BCUT2D eigenvalue weighted by molar-refractivity contribution is 0.516. The zero-order valence-corrected chi connectivity index (χ0v) is 12.1. The van der Waals surface area contributed by atoms with E-state index in [0.717, 1.165) is 37.1 Å². The molecule has 1 aliphatic rings. The Balaban J connectivity index is 1.94. The van der Waals surface area contributed by atoms with Crippen LogP contribution in [0.15, 0.2) is 18.2 Å². The zero-order valence-electron chi connectivity index (χ0n) is 11.4. The average Bonchev–Trinajstić information content (AvgIpc) is 2.82. The molecule has 0 spiro atoms. The lowest BCUT2D eigenvalue weighted by Gasteiger charge is -2.21. The number of nitrogens with one attached hydrogen (secondary N) is 1. The maximum atomic E-state index is 6.39. The van der Waals surface area contributed by atoms with Gasteiger partial charge in [-0.05, 0) is 50.4 Å². The Hall–Kier alpha value is -0.730. The minimum atomic E-state index is 0.758. The highest BCUT2D eigenvalue weighted by Crippen LogP contribution is 2.32. The molecule has 1 atom stereocenters. The summed E-state index contributed by atoms with van der Waals surface area (Å²) in [7, 11) is 0. The fraction of sp³-hybridized carbons (Fsp3) is 0.600. The van der Waals surface area contributed by atoms with Crippen LogP contribution in [0.25, 0.3) is 0 Å². The number of halogens is 1. The molecule has 0 bridgehead atoms. The van der Waals surface area contributed by atoms with Gasteiger partial charge in [0.2, 0.25) is 0 Å². The van der Waals surface area contributed by atoms with Crippen LogP contribution in [0.1, 0.15) is 25.3 Å². The van der Waals surface area contributed by atoms with Crippen molar-refractivity contribution in [3.8, 4) is 0 Å². The van der Waals surface area contributed by atoms with Crippen LogP contribution in [0, 0.1) is 12.8 Å². The third kappa shape index (κ3) is 3.18. The highest BCUT2D eigenvalue weighted by Gasteiger charge is 2.23. The van der Waals surface area contributed by atoms with Crippen LogP contribution < -0.4 is 10.2 Å². The van der Waals surface area contributed by atoms with Gasteiger partial charge in [0.25, 0.3) is 0 Å². The topological polar surface area (TPSA) is 15.3 Å². The Bertz CT molecular complexity index is 392. The first-order valence-electron chi connectivity index (χ1n) is 6.93. The minimum absolute atomic E-state index is 0.758. The summed E-state index contributed by atoms with van der Waals surface area (Å²) in [5.41, 5.74) is 2.37. The molecular formula is C15H23ClN2. The zero-order chi connectivity index (χ0) is 13.0. The summed E-state index contributed by atoms with van der Waals surface area (Å²) in [4.78, 5) is 2.42. The molecule has 2 nitrogen and oxygen atoms in total. The van der Waals surface area contributed by atoms with Gasteiger partial charge in [0.05, 0.1) is 10.7 Å². The first kappa shape index (κ1) is 13.7. The van der Waals surface area contributed by atoms with Gasteiger partial charge in [-0.15, -0.1) is 0 Å². The fourth-order valence-corrected chi connectivity index (χ4v) is 2.82. The largest absolute Gasteiger partial charge is 0.370 e. The van der Waals surface area contributed by atoms with E-state index in [1.165, 1.54) is 24.1 Å². The summed E-state index contributed by atoms with van der Waals surface area (Å²) in [6, 6.07) is 6.30. The summed E-state index contributed by atoms with van der Waals surface area (Å²) in [5, 5.41) is 4.43. The predicted molar refractivity (Wildman–Crippen MR) is 79.7 cm³/mol. The van der Waals surface area contributed by atoms with Crippen LogP contribution in [0.3, 0.4) is 0 Å². The third-order valence-corrected chi connectivity index (χ3v) is 4.15. The third-order valence-electron chi connectivity index (χ3n) is 3.66. The molecule has 1 aromatic carbocycles. The molecule has 1 aromatic rings. The summed E-state index contributed by atoms with van der Waals surface area (Å²) in [5.74, 6) is 0.758. The number of nitrogens with zero attached hydrogens (tertiary/aromatic N) is 1. The van der Waals surface area contributed by atoms with Crippen LogP contribution in [-0.2, 0) is 0 Å². The molecule has 100 valence electrons. The molecular weight excluding hydrogens is 244 g/mol. The van der Waals surface area contributed by atoms with Gasteiger partial charge in [-0.3, -0.25) is 0 Å². The van der Waals surface area contributed by atoms with Crippen LogP contribution >= 0.6 is 11.6 Å². The SMILES string of the molecule is CCCNCC1CCN(c2cccc(C)c2Cl)C1. The fourth-order valence-electron chi connectivity index (χ4n) is 2.58. The molecule has 1 N–H and O–H groups in total. The Morgan fingerprint density at radius 2 is 2.28 bits per heavy atom. The second-order valence-electron chi connectivity index (χ2n) is 5.21. The second-order valence-corrected chi connectivity index (χ2v) is 5.59. The molecule has 0 aliphatic carbocycles. The van der Waals surface area contributed by atoms with Crippen molar-refractivity contribution >= 4 is 17.3 Å². The van der Waals surface area contributed by atoms with E-state index in [1.54, 1.807) is 0 Å². The van der Waals surface area contributed by atoms with Crippen LogP contribution in [-0.4, -0.2) is 26.2 Å². The molecule has 1 unspecified atom stereocenters. The van der Waals surface area contributed by atoms with Crippen LogP contribution in [0.2, 0.25) is 5.02 Å². The lowest BCUT2D eigenvalue weighted by Crippen LogP contribution is -2.27. The molecule has 1 aliphatic heterocycles. The highest BCUT2D eigenvalue weighted by molar-refractivity contribution is 6.34. The van der Waals surface area contributed by atoms with E-state index < -0.39 is 0 Å². The van der Waals surface area contributed by atoms with Crippen molar-refractivity contribution < 1.29 is 0 Å². The van der Waals surface area contributed by atoms with E-state index in [1.807, 2.05) is 0 Å². The first-order valence-corrected chi connectivity index (χ1v) is 7.31. The van der Waals surface area contributed by atoms with E-state index >= 15 is 0 Å². The van der Waals surface area contributed by atoms with Gasteiger partial charge in [0, 0.05) is 13.1 Å². The van der Waals surface area contributed by atoms with Gasteiger partial charge in [0.15, 0.2) is 0 Å². The van der Waals surface area contributed by atoms with Crippen molar-refractivity contribution in [2.24, 2.45) is 5.92 Å². The standard InChI is InChI=1S/C15H23ClN2/c1-3-8-17-10-13-7-9-18(11-13)14-6-4-5-12(2)15(14)16/h4-6,13,17H,3,7-11H2,1-2H3. The smallest absolute Gasteiger partial charge is 0.0668 e. The Labute approximate surface area is 115 Å². The number of hydrogen-bond donors (Lipinski definition) is 1. The van der Waals surface area contributed by atoms with Crippen LogP contribution in [0.4, 0.5) is 5.69 Å². The Kier molecular flexibility index (Phi) is 4.90. The maximum absolute atomic E-state index is 6.39. The second kappa shape index (κ2) is 6.44. The van der Waals surface area contributed by atoms with Crippen molar-refractivity contribution in [3.63, 3.8) is 0 Å². The number of rotatable bonds is 5. The van der Waals surface area contributed by atoms with E-state index in [9.17, 15) is 0 Å². The molecule has 1 fully saturated rings. The summed E-state index contributed by atoms with van der Waals surface area (Å²) < 4.78 is 0. The van der Waals surface area contributed by atoms with Gasteiger partial charge < -0.3 is 10.2 Å². The average molecular weight is 267 g/mol. The van der Waals surface area contributed by atoms with Gasteiger partial charge in [-0.2, -0.15) is 0 Å². The van der Waals surface area contributed by atoms with E-state index in [2.05, 4.69) is 42.3 Å². The molecule has 0 amide bonds. The molecule has 18 heavy (non-hydrogen) atoms. The molecule has 2 rings (SSSR count). The van der Waals surface area contributed by atoms with Crippen LogP contribution in [0.5, 0.6) is 0 Å². The number of hydrogen-bond acceptors (Lipinski definition) is 2. The monoisotopic (exact) mass is 266 g/mol. The number of aryl methyl sites for hydroxylation is 1. The van der Waals surface area contributed by atoms with E-state index in [0.29, 0.717) is 0 Å². The van der Waals surface area contributed by atoms with Gasteiger partial charge in [-0.25, -0.2) is 0 Å². The highest BCUT2D eigenvalue weighted by atomic mass is 35.5. The van der Waals surface area contributed by atoms with Gasteiger partial charge >= 0.3 is 0 Å². The number of anilines is 1. The number of benzene rings is 1. The molecule has 1 heterocycles. The molecule has 3 heteroatoms. The van der Waals surface area contributed by atoms with Crippen molar-refractivity contribution in [2.75, 3.05) is 31.1 Å². The minimum Gasteiger partial charge on any atom is -0.370 e. The van der Waals surface area contributed by atoms with Crippen molar-refractivity contribution in [1.82, 2.24) is 5.32 Å². The quantitative estimate of drug-likeness (QED) is 0.821. The summed E-state index contributed by atoms with van der Waals surface area (Å²) in [6.45, 7) is 8.79. The molecule has 0 radical (unpaired) electrons. The van der Waals surface area contributed by atoms with E-state index in [-0.39, 0.29) is 0 Å². The summed E-state index contributed by atoms with van der Waals surface area (Å²) in [6.07, 6.45) is 2.47. The normalized spacial score (nSPS) is 19.5. The van der Waals surface area contributed by atoms with E-state index in [4.69, 9.17) is 11.6 Å². The predicted octanol–water partition coefficient (Wildman–Crippen LogP) is 3.47. The van der Waals surface area contributed by atoms with Gasteiger partial charge in [-0.1, -0.05) is 30.7 Å². The van der Waals surface area contributed by atoms with Crippen molar-refractivity contribution in [3.05, 3.63) is 28.8 Å². The molecule has 0 aromatic heterocycles. The molecule has 0 saturated carbocycles. The van der Waals surface area contributed by atoms with Crippen molar-refractivity contribution in [1.29, 1.82) is 0 Å². The summed E-state index contributed by atoms with van der Waals surface area (Å²) >= 11 is 6.39. The lowest BCUT2D eigenvalue weighted by atomic mass is 10.1.